The molecule has 0 saturated carbocycles. The fourth-order valence-corrected chi connectivity index (χ4v) is 2.59. The first-order chi connectivity index (χ1) is 11.0. The van der Waals surface area contributed by atoms with Crippen LogP contribution >= 0.6 is 0 Å². The van der Waals surface area contributed by atoms with E-state index in [2.05, 4.69) is 5.32 Å². The lowest BCUT2D eigenvalue weighted by Crippen LogP contribution is -2.28. The fourth-order valence-electron chi connectivity index (χ4n) is 2.59. The minimum absolute atomic E-state index is 0.0503. The zero-order chi connectivity index (χ0) is 16.4. The van der Waals surface area contributed by atoms with Crippen LogP contribution in [0.25, 0.3) is 11.1 Å². The Balaban J connectivity index is 1.73. The van der Waals surface area contributed by atoms with Crippen molar-refractivity contribution < 1.29 is 9.21 Å². The molecule has 1 heterocycles. The van der Waals surface area contributed by atoms with Crippen LogP contribution in [0, 0.1) is 0 Å². The molecule has 1 unspecified atom stereocenters. The van der Waals surface area contributed by atoms with Gasteiger partial charge in [0, 0.05) is 7.05 Å². The predicted octanol–water partition coefficient (Wildman–Crippen LogP) is 2.55. The van der Waals surface area contributed by atoms with Crippen molar-refractivity contribution in [1.29, 1.82) is 0 Å². The number of aryl methyl sites for hydroxylation is 1. The molecule has 1 aromatic heterocycles. The quantitative estimate of drug-likeness (QED) is 0.805. The monoisotopic (exact) mass is 310 g/mol. The molecule has 0 aliphatic carbocycles. The summed E-state index contributed by atoms with van der Waals surface area (Å²) in [7, 11) is 1.65. The van der Waals surface area contributed by atoms with E-state index in [0.717, 1.165) is 11.1 Å². The van der Waals surface area contributed by atoms with Crippen LogP contribution in [0.3, 0.4) is 0 Å². The van der Waals surface area contributed by atoms with Crippen LogP contribution in [-0.4, -0.2) is 10.5 Å². The lowest BCUT2D eigenvalue weighted by atomic mass is 10.1. The van der Waals surface area contributed by atoms with E-state index in [1.807, 2.05) is 43.3 Å². The number of fused-ring (bicyclic) bond motifs is 1. The van der Waals surface area contributed by atoms with Gasteiger partial charge in [-0.3, -0.25) is 9.36 Å². The summed E-state index contributed by atoms with van der Waals surface area (Å²) in [6.07, 6.45) is 0.256. The van der Waals surface area contributed by atoms with Gasteiger partial charge in [0.2, 0.25) is 5.91 Å². The second kappa shape index (κ2) is 6.12. The lowest BCUT2D eigenvalue weighted by molar-refractivity contribution is -0.121. The molecule has 0 fully saturated rings. The first kappa shape index (κ1) is 15.1. The molecule has 1 atom stereocenters. The van der Waals surface area contributed by atoms with E-state index in [9.17, 15) is 9.59 Å². The highest BCUT2D eigenvalue weighted by molar-refractivity contribution is 5.81. The van der Waals surface area contributed by atoms with Gasteiger partial charge in [0.25, 0.3) is 0 Å². The minimum Gasteiger partial charge on any atom is -0.408 e. The minimum atomic E-state index is -0.403. The van der Waals surface area contributed by atoms with Crippen LogP contribution in [0.15, 0.2) is 57.7 Å². The third kappa shape index (κ3) is 3.18. The van der Waals surface area contributed by atoms with Gasteiger partial charge in [-0.1, -0.05) is 36.4 Å². The molecule has 5 nitrogen and oxygen atoms in total. The van der Waals surface area contributed by atoms with Crippen molar-refractivity contribution in [3.05, 3.63) is 70.2 Å². The number of benzene rings is 2. The molecular weight excluding hydrogens is 292 g/mol. The molecule has 23 heavy (non-hydrogen) atoms. The van der Waals surface area contributed by atoms with Crippen LogP contribution in [0.5, 0.6) is 0 Å². The largest absolute Gasteiger partial charge is 0.419 e. The zero-order valence-electron chi connectivity index (χ0n) is 13.1. The number of amides is 1. The molecule has 1 amide bonds. The highest BCUT2D eigenvalue weighted by Gasteiger charge is 2.12. The molecule has 0 aliphatic rings. The number of hydrogen-bond donors (Lipinski definition) is 1. The van der Waals surface area contributed by atoms with Crippen molar-refractivity contribution in [2.24, 2.45) is 7.05 Å². The van der Waals surface area contributed by atoms with Crippen molar-refractivity contribution in [3.63, 3.8) is 0 Å². The van der Waals surface area contributed by atoms with E-state index >= 15 is 0 Å². The number of oxazole rings is 1. The normalized spacial score (nSPS) is 12.3. The topological polar surface area (TPSA) is 64.2 Å². The van der Waals surface area contributed by atoms with E-state index < -0.39 is 5.76 Å². The van der Waals surface area contributed by atoms with Crippen molar-refractivity contribution >= 4 is 17.0 Å². The van der Waals surface area contributed by atoms with Gasteiger partial charge in [0.05, 0.1) is 18.0 Å². The Labute approximate surface area is 133 Å². The van der Waals surface area contributed by atoms with Gasteiger partial charge >= 0.3 is 5.76 Å². The first-order valence-electron chi connectivity index (χ1n) is 7.47. The van der Waals surface area contributed by atoms with Gasteiger partial charge in [-0.2, -0.15) is 0 Å². The van der Waals surface area contributed by atoms with Crippen LogP contribution in [-0.2, 0) is 18.3 Å². The summed E-state index contributed by atoms with van der Waals surface area (Å²) < 4.78 is 6.52. The summed E-state index contributed by atoms with van der Waals surface area (Å²) in [6, 6.07) is 15.1. The number of nitrogens with one attached hydrogen (secondary N) is 1. The van der Waals surface area contributed by atoms with Crippen LogP contribution < -0.4 is 11.1 Å². The van der Waals surface area contributed by atoms with E-state index in [1.54, 1.807) is 19.2 Å². The number of rotatable bonds is 4. The second-order valence-electron chi connectivity index (χ2n) is 5.61. The van der Waals surface area contributed by atoms with Gasteiger partial charge in [-0.25, -0.2) is 4.79 Å². The first-order valence-corrected chi connectivity index (χ1v) is 7.47. The molecule has 0 aliphatic heterocycles. The summed E-state index contributed by atoms with van der Waals surface area (Å²) in [6.45, 7) is 1.95. The Morgan fingerprint density at radius 2 is 1.96 bits per heavy atom. The SMILES string of the molecule is CC(NC(=O)Cc1ccc2oc(=O)n(C)c2c1)c1ccccc1. The molecule has 1 N–H and O–H groups in total. The molecule has 5 heteroatoms. The van der Waals surface area contributed by atoms with Crippen LogP contribution in [0.2, 0.25) is 0 Å². The summed E-state index contributed by atoms with van der Waals surface area (Å²) >= 11 is 0. The molecule has 0 spiro atoms. The third-order valence-corrected chi connectivity index (χ3v) is 3.90. The second-order valence-corrected chi connectivity index (χ2v) is 5.61. The summed E-state index contributed by atoms with van der Waals surface area (Å²) in [5.74, 6) is -0.464. The Hall–Kier alpha value is -2.82. The Morgan fingerprint density at radius 3 is 2.70 bits per heavy atom. The summed E-state index contributed by atoms with van der Waals surface area (Å²) in [4.78, 5) is 23.7. The highest BCUT2D eigenvalue weighted by atomic mass is 16.4. The standard InChI is InChI=1S/C18H18N2O3/c1-12(14-6-4-3-5-7-14)19-17(21)11-13-8-9-16-15(10-13)20(2)18(22)23-16/h3-10,12H,11H2,1-2H3,(H,19,21). The van der Waals surface area contributed by atoms with Gasteiger partial charge in [0.15, 0.2) is 5.58 Å². The number of carbonyl (C=O) groups excluding carboxylic acids is 1. The molecular formula is C18H18N2O3. The Bertz CT molecular complexity index is 894. The summed E-state index contributed by atoms with van der Waals surface area (Å²) in [5, 5.41) is 2.98. The van der Waals surface area contributed by atoms with Gasteiger partial charge < -0.3 is 9.73 Å². The maximum atomic E-state index is 12.2. The van der Waals surface area contributed by atoms with E-state index in [-0.39, 0.29) is 18.4 Å². The van der Waals surface area contributed by atoms with Gasteiger partial charge in [-0.05, 0) is 30.2 Å². The third-order valence-electron chi connectivity index (χ3n) is 3.90. The molecule has 0 bridgehead atoms. The zero-order valence-corrected chi connectivity index (χ0v) is 13.1. The van der Waals surface area contributed by atoms with E-state index in [1.165, 1.54) is 4.57 Å². The van der Waals surface area contributed by atoms with Gasteiger partial charge in [-0.15, -0.1) is 0 Å². The fraction of sp³-hybridized carbons (Fsp3) is 0.222. The van der Waals surface area contributed by atoms with Crippen LogP contribution in [0.4, 0.5) is 0 Å². The van der Waals surface area contributed by atoms with Crippen molar-refractivity contribution in [3.8, 4) is 0 Å². The van der Waals surface area contributed by atoms with Gasteiger partial charge in [0.1, 0.15) is 0 Å². The predicted molar refractivity (Wildman–Crippen MR) is 88.2 cm³/mol. The van der Waals surface area contributed by atoms with Crippen molar-refractivity contribution in [2.75, 3.05) is 0 Å². The maximum absolute atomic E-state index is 12.2. The van der Waals surface area contributed by atoms with E-state index in [4.69, 9.17) is 4.42 Å². The maximum Gasteiger partial charge on any atom is 0.419 e. The number of nitrogens with zero attached hydrogens (tertiary/aromatic N) is 1. The number of hydrogen-bond acceptors (Lipinski definition) is 3. The van der Waals surface area contributed by atoms with Crippen molar-refractivity contribution in [2.45, 2.75) is 19.4 Å². The molecule has 0 saturated heterocycles. The average Bonchev–Trinajstić information content (AvgIpc) is 2.83. The average molecular weight is 310 g/mol. The van der Waals surface area contributed by atoms with E-state index in [0.29, 0.717) is 11.1 Å². The van der Waals surface area contributed by atoms with Crippen LogP contribution in [0.1, 0.15) is 24.1 Å². The summed E-state index contributed by atoms with van der Waals surface area (Å²) in [5.41, 5.74) is 3.12. The van der Waals surface area contributed by atoms with Crippen molar-refractivity contribution in [1.82, 2.24) is 9.88 Å². The molecule has 2 aromatic carbocycles. The molecule has 0 radical (unpaired) electrons. The Kier molecular flexibility index (Phi) is 4.02. The number of aromatic nitrogens is 1. The molecule has 118 valence electrons. The molecule has 3 rings (SSSR count). The lowest BCUT2D eigenvalue weighted by Gasteiger charge is -2.14. The smallest absolute Gasteiger partial charge is 0.408 e. The Morgan fingerprint density at radius 1 is 1.22 bits per heavy atom. The highest BCUT2D eigenvalue weighted by Crippen LogP contribution is 2.16. The molecule has 3 aromatic rings. The number of carbonyl (C=O) groups is 1.